The minimum absolute atomic E-state index is 0.0347. The van der Waals surface area contributed by atoms with E-state index in [9.17, 15) is 9.59 Å². The third-order valence-corrected chi connectivity index (χ3v) is 6.81. The van der Waals surface area contributed by atoms with Gasteiger partial charge in [-0.25, -0.2) is 4.98 Å². The second kappa shape index (κ2) is 8.55. The molecular weight excluding hydrogens is 406 g/mol. The molecule has 5 nitrogen and oxygen atoms in total. The Hall–Kier alpha value is -3.12. The van der Waals surface area contributed by atoms with E-state index in [1.807, 2.05) is 87.0 Å². The van der Waals surface area contributed by atoms with E-state index in [-0.39, 0.29) is 23.1 Å². The molecule has 0 spiro atoms. The van der Waals surface area contributed by atoms with Gasteiger partial charge < -0.3 is 4.57 Å². The van der Waals surface area contributed by atoms with Crippen molar-refractivity contribution in [2.24, 2.45) is 7.05 Å². The first-order valence-corrected chi connectivity index (χ1v) is 11.2. The molecule has 0 aliphatic heterocycles. The second-order valence-corrected chi connectivity index (χ2v) is 8.67. The molecule has 0 aliphatic carbocycles. The molecule has 0 N–H and O–H groups in total. The van der Waals surface area contributed by atoms with Gasteiger partial charge in [0.25, 0.3) is 5.56 Å². The summed E-state index contributed by atoms with van der Waals surface area (Å²) in [6, 6.07) is 19.0. The van der Waals surface area contributed by atoms with Crippen molar-refractivity contribution in [1.82, 2.24) is 14.1 Å². The van der Waals surface area contributed by atoms with E-state index in [0.29, 0.717) is 16.1 Å². The van der Waals surface area contributed by atoms with Crippen molar-refractivity contribution in [3.05, 3.63) is 93.5 Å². The van der Waals surface area contributed by atoms with Gasteiger partial charge in [-0.1, -0.05) is 54.2 Å². The number of aromatic nitrogens is 3. The largest absolute Gasteiger partial charge is 0.351 e. The van der Waals surface area contributed by atoms with Crippen LogP contribution in [0.15, 0.2) is 70.6 Å². The van der Waals surface area contributed by atoms with Gasteiger partial charge in [0.2, 0.25) is 0 Å². The predicted molar refractivity (Wildman–Crippen MR) is 126 cm³/mol. The first kappa shape index (κ1) is 21.1. The molecular formula is C25H25N3O2S. The molecule has 0 aliphatic rings. The van der Waals surface area contributed by atoms with Crippen molar-refractivity contribution < 1.29 is 4.79 Å². The Bertz CT molecular complexity index is 1320. The Morgan fingerprint density at radius 2 is 1.74 bits per heavy atom. The van der Waals surface area contributed by atoms with Crippen LogP contribution in [-0.4, -0.2) is 25.7 Å². The maximum Gasteiger partial charge on any atom is 0.262 e. The van der Waals surface area contributed by atoms with Gasteiger partial charge in [0.15, 0.2) is 10.9 Å². The van der Waals surface area contributed by atoms with Crippen LogP contribution in [0, 0.1) is 13.8 Å². The molecule has 0 amide bonds. The number of hydrogen-bond acceptors (Lipinski definition) is 4. The Morgan fingerprint density at radius 3 is 2.42 bits per heavy atom. The van der Waals surface area contributed by atoms with Gasteiger partial charge in [0, 0.05) is 24.0 Å². The van der Waals surface area contributed by atoms with Gasteiger partial charge in [-0.05, 0) is 44.5 Å². The second-order valence-electron chi connectivity index (χ2n) is 7.73. The number of ketones is 1. The highest BCUT2D eigenvalue weighted by Crippen LogP contribution is 2.26. The first-order chi connectivity index (χ1) is 14.9. The molecule has 6 heteroatoms. The van der Waals surface area contributed by atoms with Crippen LogP contribution in [0.3, 0.4) is 0 Å². The Morgan fingerprint density at radius 1 is 1.06 bits per heavy atom. The number of rotatable bonds is 6. The van der Waals surface area contributed by atoms with Crippen LogP contribution in [0.2, 0.25) is 0 Å². The Balaban J connectivity index is 1.74. The molecule has 4 rings (SSSR count). The maximum absolute atomic E-state index is 13.4. The molecule has 2 aromatic heterocycles. The highest BCUT2D eigenvalue weighted by atomic mass is 32.2. The van der Waals surface area contributed by atoms with Gasteiger partial charge in [-0.2, -0.15) is 0 Å². The summed E-state index contributed by atoms with van der Waals surface area (Å²) in [6.07, 6.45) is 0. The quantitative estimate of drug-likeness (QED) is 0.247. The molecule has 31 heavy (non-hydrogen) atoms. The average molecular weight is 432 g/mol. The van der Waals surface area contributed by atoms with Crippen LogP contribution in [0.5, 0.6) is 0 Å². The van der Waals surface area contributed by atoms with Crippen LogP contribution < -0.4 is 5.56 Å². The predicted octanol–water partition coefficient (Wildman–Crippen LogP) is 4.94. The highest BCUT2D eigenvalue weighted by molar-refractivity contribution is 7.99. The third-order valence-electron chi connectivity index (χ3n) is 5.85. The number of thioether (sulfide) groups is 1. The zero-order chi connectivity index (χ0) is 22.1. The van der Waals surface area contributed by atoms with Crippen LogP contribution in [0.4, 0.5) is 0 Å². The molecule has 4 aromatic rings. The van der Waals surface area contributed by atoms with E-state index in [1.165, 1.54) is 11.8 Å². The fourth-order valence-corrected chi connectivity index (χ4v) is 4.75. The van der Waals surface area contributed by atoms with Crippen molar-refractivity contribution in [3.8, 4) is 0 Å². The third kappa shape index (κ3) is 3.95. The molecule has 158 valence electrons. The van der Waals surface area contributed by atoms with Crippen molar-refractivity contribution in [3.63, 3.8) is 0 Å². The zero-order valence-corrected chi connectivity index (χ0v) is 18.9. The molecule has 0 saturated carbocycles. The summed E-state index contributed by atoms with van der Waals surface area (Å²) in [4.78, 5) is 31.1. The number of hydrogen-bond donors (Lipinski definition) is 0. The van der Waals surface area contributed by atoms with Gasteiger partial charge >= 0.3 is 0 Å². The van der Waals surface area contributed by atoms with E-state index in [2.05, 4.69) is 0 Å². The average Bonchev–Trinajstić information content (AvgIpc) is 3.05. The molecule has 1 atom stereocenters. The summed E-state index contributed by atoms with van der Waals surface area (Å²) < 4.78 is 3.72. The number of fused-ring (bicyclic) bond motifs is 1. The number of nitrogens with zero attached hydrogens (tertiary/aromatic N) is 3. The van der Waals surface area contributed by atoms with Crippen molar-refractivity contribution >= 4 is 28.4 Å². The smallest absolute Gasteiger partial charge is 0.262 e. The van der Waals surface area contributed by atoms with Crippen molar-refractivity contribution in [1.29, 1.82) is 0 Å². The summed E-state index contributed by atoms with van der Waals surface area (Å²) in [5.41, 5.74) is 4.28. The summed E-state index contributed by atoms with van der Waals surface area (Å²) in [7, 11) is 1.96. The lowest BCUT2D eigenvalue weighted by Crippen LogP contribution is -2.27. The van der Waals surface area contributed by atoms with E-state index >= 15 is 0 Å². The Kier molecular flexibility index (Phi) is 5.83. The van der Waals surface area contributed by atoms with E-state index < -0.39 is 0 Å². The molecule has 0 saturated heterocycles. The standard InChI is InChI=1S/C25H25N3O2S/c1-16-14-21(18(3)27(16)4)23(29)15-31-25-26-22-13-9-8-12-20(22)24(30)28(25)17(2)19-10-6-5-7-11-19/h5-14,17H,15H2,1-4H3/t17-/m1/s1. The number of carbonyl (C=O) groups is 1. The monoisotopic (exact) mass is 431 g/mol. The molecule has 2 heterocycles. The molecule has 0 fully saturated rings. The number of carbonyl (C=O) groups excluding carboxylic acids is 1. The zero-order valence-electron chi connectivity index (χ0n) is 18.1. The summed E-state index contributed by atoms with van der Waals surface area (Å²) >= 11 is 1.32. The van der Waals surface area contributed by atoms with Crippen LogP contribution in [0.25, 0.3) is 10.9 Å². The van der Waals surface area contributed by atoms with Gasteiger partial charge in [-0.15, -0.1) is 0 Å². The van der Waals surface area contributed by atoms with Gasteiger partial charge in [-0.3, -0.25) is 14.2 Å². The van der Waals surface area contributed by atoms with Crippen molar-refractivity contribution in [2.75, 3.05) is 5.75 Å². The van der Waals surface area contributed by atoms with Gasteiger partial charge in [0.05, 0.1) is 22.7 Å². The van der Waals surface area contributed by atoms with E-state index in [4.69, 9.17) is 4.98 Å². The van der Waals surface area contributed by atoms with Crippen LogP contribution in [-0.2, 0) is 7.05 Å². The van der Waals surface area contributed by atoms with E-state index in [0.717, 1.165) is 22.5 Å². The number of aryl methyl sites for hydroxylation is 1. The fraction of sp³-hybridized carbons (Fsp3) is 0.240. The van der Waals surface area contributed by atoms with Crippen LogP contribution in [0.1, 0.15) is 40.3 Å². The topological polar surface area (TPSA) is 56.9 Å². The molecule has 2 aromatic carbocycles. The highest BCUT2D eigenvalue weighted by Gasteiger charge is 2.20. The number of benzene rings is 2. The minimum atomic E-state index is -0.205. The summed E-state index contributed by atoms with van der Waals surface area (Å²) in [5.74, 6) is 0.254. The fourth-order valence-electron chi connectivity index (χ4n) is 3.79. The lowest BCUT2D eigenvalue weighted by molar-refractivity contribution is 0.102. The van der Waals surface area contributed by atoms with Crippen molar-refractivity contribution in [2.45, 2.75) is 32.0 Å². The summed E-state index contributed by atoms with van der Waals surface area (Å²) in [5, 5.41) is 1.13. The lowest BCUT2D eigenvalue weighted by atomic mass is 10.1. The maximum atomic E-state index is 13.4. The van der Waals surface area contributed by atoms with Crippen LogP contribution >= 0.6 is 11.8 Å². The first-order valence-electron chi connectivity index (χ1n) is 10.2. The molecule has 0 radical (unpaired) electrons. The molecule has 0 bridgehead atoms. The summed E-state index contributed by atoms with van der Waals surface area (Å²) in [6.45, 7) is 5.93. The SMILES string of the molecule is Cc1cc(C(=O)CSc2nc3ccccc3c(=O)n2[C@H](C)c2ccccc2)c(C)n1C. The normalized spacial score (nSPS) is 12.3. The van der Waals surface area contributed by atoms with E-state index in [1.54, 1.807) is 10.6 Å². The number of para-hydroxylation sites is 1. The van der Waals surface area contributed by atoms with Gasteiger partial charge in [0.1, 0.15) is 0 Å². The lowest BCUT2D eigenvalue weighted by Gasteiger charge is -2.20. The molecule has 0 unspecified atom stereocenters. The Labute approximate surface area is 185 Å². The number of Topliss-reactive ketones (excluding diaryl/α,β-unsaturated/α-hetero) is 1. The minimum Gasteiger partial charge on any atom is -0.351 e.